The van der Waals surface area contributed by atoms with E-state index in [1.807, 2.05) is 35.7 Å². The van der Waals surface area contributed by atoms with E-state index in [1.165, 1.54) is 23.1 Å². The van der Waals surface area contributed by atoms with Crippen LogP contribution in [0.2, 0.25) is 5.02 Å². The number of hydrogen-bond acceptors (Lipinski definition) is 6. The van der Waals surface area contributed by atoms with E-state index in [-0.39, 0.29) is 12.3 Å². The lowest BCUT2D eigenvalue weighted by Gasteiger charge is -2.02. The Morgan fingerprint density at radius 3 is 2.89 bits per heavy atom. The van der Waals surface area contributed by atoms with Gasteiger partial charge in [-0.3, -0.25) is 4.79 Å². The van der Waals surface area contributed by atoms with E-state index >= 15 is 0 Å². The van der Waals surface area contributed by atoms with Crippen molar-refractivity contribution in [1.29, 1.82) is 0 Å². The van der Waals surface area contributed by atoms with Gasteiger partial charge in [-0.25, -0.2) is 9.97 Å². The summed E-state index contributed by atoms with van der Waals surface area (Å²) in [6.07, 6.45) is 0.256. The van der Waals surface area contributed by atoms with Crippen molar-refractivity contribution in [3.8, 4) is 0 Å². The van der Waals surface area contributed by atoms with E-state index in [2.05, 4.69) is 15.3 Å². The molecular weight excluding hydrogens is 402 g/mol. The minimum atomic E-state index is -0.0782. The number of carbonyl (C=O) groups excluding carboxylic acids is 1. The Kier molecular flexibility index (Phi) is 5.42. The van der Waals surface area contributed by atoms with Gasteiger partial charge in [0.15, 0.2) is 5.58 Å². The molecule has 2 heterocycles. The number of nitrogens with one attached hydrogen (secondary N) is 1. The second-order valence-electron chi connectivity index (χ2n) is 5.70. The van der Waals surface area contributed by atoms with Gasteiger partial charge in [0.1, 0.15) is 10.5 Å². The van der Waals surface area contributed by atoms with Crippen molar-refractivity contribution in [2.24, 2.45) is 0 Å². The SMILES string of the molecule is O=C(Cc1nc(CSc2nc3cc(Cl)ccc3o2)cs1)Nc1ccccc1. The normalized spacial score (nSPS) is 11.0. The summed E-state index contributed by atoms with van der Waals surface area (Å²) in [6.45, 7) is 0. The molecule has 0 spiro atoms. The van der Waals surface area contributed by atoms with Crippen LogP contribution in [0.15, 0.2) is 63.6 Å². The quantitative estimate of drug-likeness (QED) is 0.426. The van der Waals surface area contributed by atoms with E-state index in [1.54, 1.807) is 18.2 Å². The van der Waals surface area contributed by atoms with Gasteiger partial charge in [0.05, 0.1) is 12.1 Å². The molecule has 27 heavy (non-hydrogen) atoms. The second-order valence-corrected chi connectivity index (χ2v) is 8.01. The van der Waals surface area contributed by atoms with Crippen molar-refractivity contribution in [2.75, 3.05) is 5.32 Å². The lowest BCUT2D eigenvalue weighted by molar-refractivity contribution is -0.115. The number of benzene rings is 2. The van der Waals surface area contributed by atoms with Crippen LogP contribution in [-0.4, -0.2) is 15.9 Å². The van der Waals surface area contributed by atoms with Crippen LogP contribution in [-0.2, 0) is 17.0 Å². The molecule has 0 saturated heterocycles. The number of para-hydroxylation sites is 1. The smallest absolute Gasteiger partial charge is 0.257 e. The van der Waals surface area contributed by atoms with Gasteiger partial charge in [-0.1, -0.05) is 41.6 Å². The van der Waals surface area contributed by atoms with Gasteiger partial charge < -0.3 is 9.73 Å². The summed E-state index contributed by atoms with van der Waals surface area (Å²) in [4.78, 5) is 21.0. The van der Waals surface area contributed by atoms with Gasteiger partial charge >= 0.3 is 0 Å². The van der Waals surface area contributed by atoms with Crippen LogP contribution in [0, 0.1) is 0 Å². The number of thioether (sulfide) groups is 1. The van der Waals surface area contributed by atoms with Gasteiger partial charge in [0.25, 0.3) is 5.22 Å². The van der Waals surface area contributed by atoms with E-state index in [0.717, 1.165) is 21.9 Å². The maximum atomic E-state index is 12.1. The Balaban J connectivity index is 1.34. The number of hydrogen-bond donors (Lipinski definition) is 1. The molecule has 8 heteroatoms. The first-order chi connectivity index (χ1) is 13.2. The van der Waals surface area contributed by atoms with Crippen molar-refractivity contribution in [3.63, 3.8) is 0 Å². The molecule has 0 aliphatic rings. The topological polar surface area (TPSA) is 68.0 Å². The Labute approximate surface area is 168 Å². The number of carbonyl (C=O) groups is 1. The lowest BCUT2D eigenvalue weighted by atomic mass is 10.3. The van der Waals surface area contributed by atoms with Gasteiger partial charge in [-0.15, -0.1) is 11.3 Å². The molecule has 0 saturated carbocycles. The summed E-state index contributed by atoms with van der Waals surface area (Å²) < 4.78 is 5.69. The molecule has 0 aliphatic carbocycles. The van der Waals surface area contributed by atoms with Crippen molar-refractivity contribution >= 4 is 57.4 Å². The van der Waals surface area contributed by atoms with E-state index in [0.29, 0.717) is 21.6 Å². The molecule has 4 aromatic rings. The summed E-state index contributed by atoms with van der Waals surface area (Å²) in [6, 6.07) is 14.7. The summed E-state index contributed by atoms with van der Waals surface area (Å²) in [5.41, 5.74) is 3.12. The molecule has 136 valence electrons. The first-order valence-corrected chi connectivity index (χ1v) is 10.4. The predicted molar refractivity (Wildman–Crippen MR) is 109 cm³/mol. The Morgan fingerprint density at radius 2 is 2.04 bits per heavy atom. The first-order valence-electron chi connectivity index (χ1n) is 8.13. The van der Waals surface area contributed by atoms with Gasteiger partial charge in [0.2, 0.25) is 5.91 Å². The third-order valence-corrected chi connectivity index (χ3v) is 5.64. The lowest BCUT2D eigenvalue weighted by Crippen LogP contribution is -2.14. The molecule has 4 rings (SSSR count). The molecule has 0 radical (unpaired) electrons. The second kappa shape index (κ2) is 8.12. The van der Waals surface area contributed by atoms with Gasteiger partial charge in [-0.2, -0.15) is 0 Å². The number of amides is 1. The number of oxazole rings is 1. The zero-order valence-corrected chi connectivity index (χ0v) is 16.4. The first kappa shape index (κ1) is 18.0. The molecule has 0 bridgehead atoms. The number of fused-ring (bicyclic) bond motifs is 1. The molecular formula is C19H14ClN3O2S2. The summed E-state index contributed by atoms with van der Waals surface area (Å²) in [5.74, 6) is 0.544. The van der Waals surface area contributed by atoms with Gasteiger partial charge in [-0.05, 0) is 30.3 Å². The average Bonchev–Trinajstić information content (AvgIpc) is 3.26. The molecule has 0 aliphatic heterocycles. The van der Waals surface area contributed by atoms with Crippen molar-refractivity contribution in [3.05, 3.63) is 69.6 Å². The van der Waals surface area contributed by atoms with Crippen LogP contribution < -0.4 is 5.32 Å². The fourth-order valence-corrected chi connectivity index (χ4v) is 4.23. The van der Waals surface area contributed by atoms with Crippen molar-refractivity contribution in [2.45, 2.75) is 17.4 Å². The van der Waals surface area contributed by atoms with E-state index < -0.39 is 0 Å². The highest BCUT2D eigenvalue weighted by molar-refractivity contribution is 7.98. The van der Waals surface area contributed by atoms with Crippen LogP contribution in [0.4, 0.5) is 5.69 Å². The summed E-state index contributed by atoms with van der Waals surface area (Å²) >= 11 is 8.91. The Hall–Kier alpha value is -2.35. The molecule has 0 fully saturated rings. The molecule has 0 unspecified atom stereocenters. The molecule has 1 N–H and O–H groups in total. The molecule has 5 nitrogen and oxygen atoms in total. The number of nitrogens with zero attached hydrogens (tertiary/aromatic N) is 2. The summed E-state index contributed by atoms with van der Waals surface area (Å²) in [7, 11) is 0. The number of anilines is 1. The number of halogens is 1. The van der Waals surface area contributed by atoms with Crippen LogP contribution in [0.25, 0.3) is 11.1 Å². The maximum absolute atomic E-state index is 12.1. The average molecular weight is 416 g/mol. The van der Waals surface area contributed by atoms with Crippen LogP contribution in [0.5, 0.6) is 0 Å². The fourth-order valence-electron chi connectivity index (χ4n) is 2.44. The van der Waals surface area contributed by atoms with Crippen LogP contribution in [0.3, 0.4) is 0 Å². The molecule has 1 amide bonds. The van der Waals surface area contributed by atoms with Gasteiger partial charge in [0, 0.05) is 21.8 Å². The van der Waals surface area contributed by atoms with Crippen molar-refractivity contribution in [1.82, 2.24) is 9.97 Å². The highest BCUT2D eigenvalue weighted by Gasteiger charge is 2.11. The zero-order chi connectivity index (χ0) is 18.6. The van der Waals surface area contributed by atoms with E-state index in [9.17, 15) is 4.79 Å². The monoisotopic (exact) mass is 415 g/mol. The number of aromatic nitrogens is 2. The maximum Gasteiger partial charge on any atom is 0.257 e. The van der Waals surface area contributed by atoms with Crippen LogP contribution in [0.1, 0.15) is 10.7 Å². The Bertz CT molecular complexity index is 1080. The van der Waals surface area contributed by atoms with Crippen molar-refractivity contribution < 1.29 is 9.21 Å². The predicted octanol–water partition coefficient (Wildman–Crippen LogP) is 5.41. The van der Waals surface area contributed by atoms with E-state index in [4.69, 9.17) is 16.0 Å². The minimum absolute atomic E-state index is 0.0782. The number of thiazole rings is 1. The van der Waals surface area contributed by atoms with Crippen LogP contribution >= 0.6 is 34.7 Å². The highest BCUT2D eigenvalue weighted by atomic mass is 35.5. The minimum Gasteiger partial charge on any atom is -0.431 e. The summed E-state index contributed by atoms with van der Waals surface area (Å²) in [5, 5.41) is 6.80. The Morgan fingerprint density at radius 1 is 1.19 bits per heavy atom. The largest absolute Gasteiger partial charge is 0.431 e. The third-order valence-electron chi connectivity index (χ3n) is 3.64. The fraction of sp³-hybridized carbons (Fsp3) is 0.105. The molecule has 2 aromatic carbocycles. The third kappa shape index (κ3) is 4.68. The molecule has 0 atom stereocenters. The standard InChI is InChI=1S/C19H14ClN3O2S2/c20-12-6-7-16-15(8-12)23-19(25-16)27-11-14-10-26-18(22-14)9-17(24)21-13-4-2-1-3-5-13/h1-8,10H,9,11H2,(H,21,24). The molecule has 2 aromatic heterocycles. The zero-order valence-electron chi connectivity index (χ0n) is 14.0. The number of rotatable bonds is 6. The highest BCUT2D eigenvalue weighted by Crippen LogP contribution is 2.28.